The van der Waals surface area contributed by atoms with Crippen LogP contribution in [0.25, 0.3) is 22.2 Å². The van der Waals surface area contributed by atoms with Crippen LogP contribution >= 0.6 is 23.2 Å². The van der Waals surface area contributed by atoms with Crippen LogP contribution in [0.15, 0.2) is 42.5 Å². The number of nitrogens with zero attached hydrogens (tertiary/aromatic N) is 1. The number of aryl methyl sites for hydroxylation is 1. The molecule has 1 N–H and O–H groups in total. The van der Waals surface area contributed by atoms with E-state index in [9.17, 15) is 9.90 Å². The second-order valence-corrected chi connectivity index (χ2v) is 5.77. The van der Waals surface area contributed by atoms with Gasteiger partial charge in [0.15, 0.2) is 0 Å². The number of aromatic carboxylic acids is 1. The van der Waals surface area contributed by atoms with Crippen molar-refractivity contribution in [3.05, 3.63) is 63.6 Å². The smallest absolute Gasteiger partial charge is 0.336 e. The van der Waals surface area contributed by atoms with Crippen LogP contribution in [0.2, 0.25) is 10.0 Å². The molecular formula is C17H11Cl2NO2. The van der Waals surface area contributed by atoms with Crippen molar-refractivity contribution in [1.29, 1.82) is 0 Å². The summed E-state index contributed by atoms with van der Waals surface area (Å²) in [5.74, 6) is -0.987. The Morgan fingerprint density at radius 2 is 1.86 bits per heavy atom. The highest BCUT2D eigenvalue weighted by Gasteiger charge is 2.14. The van der Waals surface area contributed by atoms with Gasteiger partial charge in [-0.3, -0.25) is 0 Å². The number of benzene rings is 2. The van der Waals surface area contributed by atoms with Crippen molar-refractivity contribution >= 4 is 40.1 Å². The molecule has 0 unspecified atom stereocenters. The Kier molecular flexibility index (Phi) is 3.77. The van der Waals surface area contributed by atoms with Crippen LogP contribution in [0.1, 0.15) is 15.9 Å². The summed E-state index contributed by atoms with van der Waals surface area (Å²) in [5, 5.41) is 10.9. The fraction of sp³-hybridized carbons (Fsp3) is 0.0588. The fourth-order valence-electron chi connectivity index (χ4n) is 2.37. The average molecular weight is 332 g/mol. The largest absolute Gasteiger partial charge is 0.478 e. The molecule has 22 heavy (non-hydrogen) atoms. The molecule has 0 aliphatic heterocycles. The number of pyridine rings is 1. The van der Waals surface area contributed by atoms with Gasteiger partial charge >= 0.3 is 5.97 Å². The van der Waals surface area contributed by atoms with Gasteiger partial charge in [-0.15, -0.1) is 0 Å². The van der Waals surface area contributed by atoms with Gasteiger partial charge in [0.2, 0.25) is 0 Å². The lowest BCUT2D eigenvalue weighted by atomic mass is 10.0. The molecule has 1 aromatic heterocycles. The molecule has 3 nitrogen and oxygen atoms in total. The lowest BCUT2D eigenvalue weighted by Gasteiger charge is -2.09. The molecule has 2 aromatic carbocycles. The molecule has 0 bridgehead atoms. The monoisotopic (exact) mass is 331 g/mol. The summed E-state index contributed by atoms with van der Waals surface area (Å²) in [7, 11) is 0. The number of fused-ring (bicyclic) bond motifs is 1. The van der Waals surface area contributed by atoms with Crippen LogP contribution in [0.5, 0.6) is 0 Å². The van der Waals surface area contributed by atoms with Crippen LogP contribution in [0, 0.1) is 6.92 Å². The summed E-state index contributed by atoms with van der Waals surface area (Å²) in [4.78, 5) is 16.1. The molecule has 0 amide bonds. The van der Waals surface area contributed by atoms with Crippen LogP contribution in [0.3, 0.4) is 0 Å². The lowest BCUT2D eigenvalue weighted by molar-refractivity contribution is 0.0699. The standard InChI is InChI=1S/C17H11Cl2NO2/c1-9-3-2-4-11-12(17(21)22)8-15(20-16(9)11)10-5-6-13(18)14(19)7-10/h2-8H,1H3,(H,21,22). The summed E-state index contributed by atoms with van der Waals surface area (Å²) < 4.78 is 0. The van der Waals surface area contributed by atoms with Gasteiger partial charge in [0.25, 0.3) is 0 Å². The van der Waals surface area contributed by atoms with E-state index in [0.717, 1.165) is 11.1 Å². The number of hydrogen-bond acceptors (Lipinski definition) is 2. The molecule has 3 rings (SSSR count). The first-order valence-electron chi connectivity index (χ1n) is 6.56. The number of carbonyl (C=O) groups is 1. The number of hydrogen-bond donors (Lipinski definition) is 1. The zero-order chi connectivity index (χ0) is 15.9. The van der Waals surface area contributed by atoms with Crippen LogP contribution in [-0.2, 0) is 0 Å². The first-order chi connectivity index (χ1) is 10.5. The Bertz CT molecular complexity index is 907. The van der Waals surface area contributed by atoms with E-state index in [2.05, 4.69) is 4.98 Å². The second kappa shape index (κ2) is 5.59. The first-order valence-corrected chi connectivity index (χ1v) is 7.32. The summed E-state index contributed by atoms with van der Waals surface area (Å²) in [6.07, 6.45) is 0. The molecule has 0 saturated carbocycles. The maximum Gasteiger partial charge on any atom is 0.336 e. The average Bonchev–Trinajstić information content (AvgIpc) is 2.49. The van der Waals surface area contributed by atoms with Crippen LogP contribution in [0.4, 0.5) is 0 Å². The number of para-hydroxylation sites is 1. The van der Waals surface area contributed by atoms with E-state index in [1.54, 1.807) is 30.3 Å². The Hall–Kier alpha value is -2.10. The number of rotatable bonds is 2. The van der Waals surface area contributed by atoms with Gasteiger partial charge in [0, 0.05) is 10.9 Å². The van der Waals surface area contributed by atoms with Crippen molar-refractivity contribution in [1.82, 2.24) is 4.98 Å². The maximum absolute atomic E-state index is 11.6. The normalized spacial score (nSPS) is 10.9. The molecule has 1 heterocycles. The summed E-state index contributed by atoms with van der Waals surface area (Å²) in [5.41, 5.74) is 3.08. The van der Waals surface area contributed by atoms with Gasteiger partial charge in [-0.05, 0) is 30.7 Å². The highest BCUT2D eigenvalue weighted by molar-refractivity contribution is 6.42. The molecule has 0 atom stereocenters. The molecule has 0 fully saturated rings. The van der Waals surface area contributed by atoms with E-state index in [-0.39, 0.29) is 5.56 Å². The van der Waals surface area contributed by atoms with Crippen molar-refractivity contribution in [2.75, 3.05) is 0 Å². The van der Waals surface area contributed by atoms with Crippen molar-refractivity contribution in [3.8, 4) is 11.3 Å². The minimum absolute atomic E-state index is 0.217. The third kappa shape index (κ3) is 2.54. The van der Waals surface area contributed by atoms with Gasteiger partial charge in [0.1, 0.15) is 0 Å². The molecule has 0 radical (unpaired) electrons. The van der Waals surface area contributed by atoms with Crippen LogP contribution in [-0.4, -0.2) is 16.1 Å². The van der Waals surface area contributed by atoms with Crippen molar-refractivity contribution in [2.45, 2.75) is 6.92 Å². The minimum Gasteiger partial charge on any atom is -0.478 e. The van der Waals surface area contributed by atoms with Gasteiger partial charge in [-0.25, -0.2) is 9.78 Å². The topological polar surface area (TPSA) is 50.2 Å². The highest BCUT2D eigenvalue weighted by Crippen LogP contribution is 2.30. The van der Waals surface area contributed by atoms with E-state index in [0.29, 0.717) is 26.6 Å². The zero-order valence-electron chi connectivity index (χ0n) is 11.6. The Morgan fingerprint density at radius 1 is 1.09 bits per heavy atom. The lowest BCUT2D eigenvalue weighted by Crippen LogP contribution is -2.01. The molecule has 3 aromatic rings. The molecule has 0 saturated heterocycles. The number of aromatic nitrogens is 1. The maximum atomic E-state index is 11.6. The Morgan fingerprint density at radius 3 is 2.55 bits per heavy atom. The van der Waals surface area contributed by atoms with Gasteiger partial charge in [0.05, 0.1) is 26.8 Å². The summed E-state index contributed by atoms with van der Waals surface area (Å²) >= 11 is 12.0. The SMILES string of the molecule is Cc1cccc2c(C(=O)O)cc(-c3ccc(Cl)c(Cl)c3)nc12. The third-order valence-electron chi connectivity index (χ3n) is 3.49. The van der Waals surface area contributed by atoms with Gasteiger partial charge < -0.3 is 5.11 Å². The predicted molar refractivity (Wildman–Crippen MR) is 88.9 cm³/mol. The van der Waals surface area contributed by atoms with Gasteiger partial charge in [-0.1, -0.05) is 47.5 Å². The first kappa shape index (κ1) is 14.8. The second-order valence-electron chi connectivity index (χ2n) is 4.96. The minimum atomic E-state index is -0.987. The quantitative estimate of drug-likeness (QED) is 0.700. The zero-order valence-corrected chi connectivity index (χ0v) is 13.1. The number of carboxylic acids is 1. The van der Waals surface area contributed by atoms with Crippen molar-refractivity contribution in [3.63, 3.8) is 0 Å². The molecule has 110 valence electrons. The molecule has 5 heteroatoms. The molecule has 0 aliphatic rings. The third-order valence-corrected chi connectivity index (χ3v) is 4.23. The predicted octanol–water partition coefficient (Wildman–Crippen LogP) is 5.22. The van der Waals surface area contributed by atoms with Crippen molar-refractivity contribution in [2.24, 2.45) is 0 Å². The fourth-order valence-corrected chi connectivity index (χ4v) is 2.67. The van der Waals surface area contributed by atoms with E-state index < -0.39 is 5.97 Å². The molecule has 0 aliphatic carbocycles. The van der Waals surface area contributed by atoms with Crippen molar-refractivity contribution < 1.29 is 9.90 Å². The van der Waals surface area contributed by atoms with Crippen LogP contribution < -0.4 is 0 Å². The Balaban J connectivity index is 2.33. The number of carboxylic acid groups (broad SMARTS) is 1. The Labute approximate surface area is 137 Å². The molecule has 0 spiro atoms. The van der Waals surface area contributed by atoms with E-state index in [4.69, 9.17) is 23.2 Å². The van der Waals surface area contributed by atoms with Gasteiger partial charge in [-0.2, -0.15) is 0 Å². The van der Waals surface area contributed by atoms with E-state index in [1.165, 1.54) is 0 Å². The molecular weight excluding hydrogens is 321 g/mol. The number of halogens is 2. The van der Waals surface area contributed by atoms with E-state index >= 15 is 0 Å². The van der Waals surface area contributed by atoms with E-state index in [1.807, 2.05) is 19.1 Å². The summed E-state index contributed by atoms with van der Waals surface area (Å²) in [6.45, 7) is 1.90. The highest BCUT2D eigenvalue weighted by atomic mass is 35.5. The summed E-state index contributed by atoms with van der Waals surface area (Å²) in [6, 6.07) is 12.2.